The average molecular weight is 746 g/mol. The topological polar surface area (TPSA) is 38.8 Å². The van der Waals surface area contributed by atoms with E-state index in [1.54, 1.807) is 0 Å². The van der Waals surface area contributed by atoms with Crippen LogP contribution >= 0.6 is 0 Å². The molecule has 0 N–H and O–H groups in total. The van der Waals surface area contributed by atoms with E-state index in [1.807, 2.05) is 24.3 Å². The highest BCUT2D eigenvalue weighted by molar-refractivity contribution is 6.11. The quantitative estimate of drug-likeness (QED) is 0.170. The lowest BCUT2D eigenvalue weighted by molar-refractivity contribution is 0.269. The standard InChI is InChI=1S/C54H35NO3/c1-5-23-50-43(15-1)46-20-9-18-41(53(46)57-50)36-11-7-13-39(31-36)55(38-28-25-34(26-29-38)35-27-30-52-48(33-35)45-17-3-4-22-49(45)56-52)40-14-8-12-37(32-40)42-19-10-21-47-44-16-2-6-24-51(44)58-54(42)47/h1-33,45,49H. The van der Waals surface area contributed by atoms with Crippen molar-refractivity contribution in [2.24, 2.45) is 0 Å². The molecule has 0 saturated carbocycles. The Balaban J connectivity index is 0.988. The van der Waals surface area contributed by atoms with Gasteiger partial charge in [-0.3, -0.25) is 0 Å². The normalized spacial score (nSPS) is 15.6. The Morgan fingerprint density at radius 2 is 0.948 bits per heavy atom. The molecule has 12 rings (SSSR count). The summed E-state index contributed by atoms with van der Waals surface area (Å²) >= 11 is 0. The maximum atomic E-state index is 6.50. The summed E-state index contributed by atoms with van der Waals surface area (Å²) in [7, 11) is 0. The molecule has 3 heterocycles. The lowest BCUT2D eigenvalue weighted by Crippen LogP contribution is -2.15. The zero-order valence-electron chi connectivity index (χ0n) is 31.4. The lowest BCUT2D eigenvalue weighted by atomic mass is 9.90. The molecule has 2 aromatic heterocycles. The summed E-state index contributed by atoms with van der Waals surface area (Å²) in [6.45, 7) is 0. The van der Waals surface area contributed by atoms with Crippen LogP contribution in [0.5, 0.6) is 5.75 Å². The number of nitrogens with zero attached hydrogens (tertiary/aromatic N) is 1. The van der Waals surface area contributed by atoms with Gasteiger partial charge in [0.05, 0.1) is 0 Å². The number of benzene rings is 8. The van der Waals surface area contributed by atoms with Crippen molar-refractivity contribution in [2.75, 3.05) is 4.90 Å². The predicted molar refractivity (Wildman–Crippen MR) is 237 cm³/mol. The fourth-order valence-corrected chi connectivity index (χ4v) is 9.05. The molecule has 4 heteroatoms. The number of ether oxygens (including phenoxy) is 1. The number of para-hydroxylation sites is 4. The third-order valence-corrected chi connectivity index (χ3v) is 11.8. The number of hydrogen-bond donors (Lipinski definition) is 0. The summed E-state index contributed by atoms with van der Waals surface area (Å²) in [4.78, 5) is 2.34. The van der Waals surface area contributed by atoms with E-state index in [2.05, 4.69) is 181 Å². The van der Waals surface area contributed by atoms with Crippen LogP contribution in [0, 0.1) is 0 Å². The fourth-order valence-electron chi connectivity index (χ4n) is 9.05. The highest BCUT2D eigenvalue weighted by Gasteiger charge is 2.32. The maximum absolute atomic E-state index is 6.50. The van der Waals surface area contributed by atoms with Crippen molar-refractivity contribution in [3.05, 3.63) is 206 Å². The molecule has 0 spiro atoms. The molecule has 0 fully saturated rings. The first-order valence-corrected chi connectivity index (χ1v) is 19.8. The van der Waals surface area contributed by atoms with E-state index in [0.717, 1.165) is 94.5 Å². The minimum absolute atomic E-state index is 0.0652. The molecule has 0 amide bonds. The molecular weight excluding hydrogens is 711 g/mol. The van der Waals surface area contributed by atoms with Gasteiger partial charge in [-0.15, -0.1) is 0 Å². The first kappa shape index (κ1) is 32.7. The molecule has 0 bridgehead atoms. The minimum atomic E-state index is 0.0652. The average Bonchev–Trinajstić information content (AvgIpc) is 3.98. The van der Waals surface area contributed by atoms with E-state index in [0.29, 0.717) is 0 Å². The van der Waals surface area contributed by atoms with Gasteiger partial charge in [-0.1, -0.05) is 133 Å². The molecule has 2 atom stereocenters. The third-order valence-electron chi connectivity index (χ3n) is 11.8. The van der Waals surface area contributed by atoms with Crippen molar-refractivity contribution in [3.8, 4) is 39.1 Å². The highest BCUT2D eigenvalue weighted by Crippen LogP contribution is 2.45. The number of fused-ring (bicyclic) bond motifs is 9. The second kappa shape index (κ2) is 13.0. The summed E-state index contributed by atoms with van der Waals surface area (Å²) < 4.78 is 19.3. The molecule has 4 nitrogen and oxygen atoms in total. The predicted octanol–water partition coefficient (Wildman–Crippen LogP) is 14.9. The van der Waals surface area contributed by atoms with Crippen molar-refractivity contribution >= 4 is 60.9 Å². The molecule has 2 aliphatic rings. The van der Waals surface area contributed by atoms with E-state index >= 15 is 0 Å². The first-order chi connectivity index (χ1) is 28.7. The molecule has 1 aliphatic heterocycles. The molecular formula is C54H35NO3. The third kappa shape index (κ3) is 5.23. The van der Waals surface area contributed by atoms with Crippen LogP contribution in [0.3, 0.4) is 0 Å². The molecule has 10 aromatic rings. The second-order valence-electron chi connectivity index (χ2n) is 15.2. The van der Waals surface area contributed by atoms with Crippen LogP contribution < -0.4 is 9.64 Å². The first-order valence-electron chi connectivity index (χ1n) is 19.8. The van der Waals surface area contributed by atoms with Crippen molar-refractivity contribution in [2.45, 2.75) is 12.0 Å². The van der Waals surface area contributed by atoms with E-state index in [-0.39, 0.29) is 12.0 Å². The molecule has 1 aliphatic carbocycles. The van der Waals surface area contributed by atoms with Crippen molar-refractivity contribution < 1.29 is 13.6 Å². The highest BCUT2D eigenvalue weighted by atomic mass is 16.5. The van der Waals surface area contributed by atoms with Crippen LogP contribution in [0.4, 0.5) is 17.1 Å². The van der Waals surface area contributed by atoms with Gasteiger partial charge in [0, 0.05) is 61.2 Å². The number of allylic oxidation sites excluding steroid dienone is 2. The Labute approximate surface area is 335 Å². The SMILES string of the molecule is C1=CC2Oc3ccc(-c4ccc(N(c5cccc(-c6cccc7c6oc6ccccc67)c5)c5cccc(-c6cccc7c6oc6ccccc67)c5)cc4)cc3C2C=C1. The van der Waals surface area contributed by atoms with Crippen molar-refractivity contribution in [3.63, 3.8) is 0 Å². The van der Waals surface area contributed by atoms with Crippen LogP contribution in [0.2, 0.25) is 0 Å². The van der Waals surface area contributed by atoms with Crippen molar-refractivity contribution in [1.82, 2.24) is 0 Å². The smallest absolute Gasteiger partial charge is 0.143 e. The zero-order valence-corrected chi connectivity index (χ0v) is 31.4. The van der Waals surface area contributed by atoms with Crippen LogP contribution in [0.25, 0.3) is 77.3 Å². The van der Waals surface area contributed by atoms with Gasteiger partial charge in [0.15, 0.2) is 0 Å². The van der Waals surface area contributed by atoms with Crippen LogP contribution in [-0.4, -0.2) is 6.10 Å². The summed E-state index contributed by atoms with van der Waals surface area (Å²) in [6.07, 6.45) is 8.64. The lowest BCUT2D eigenvalue weighted by Gasteiger charge is -2.27. The Morgan fingerprint density at radius 3 is 1.59 bits per heavy atom. The summed E-state index contributed by atoms with van der Waals surface area (Å²) in [6, 6.07) is 62.4. The molecule has 2 unspecified atom stereocenters. The van der Waals surface area contributed by atoms with Gasteiger partial charge in [-0.2, -0.15) is 0 Å². The Bertz CT molecular complexity index is 3130. The maximum Gasteiger partial charge on any atom is 0.143 e. The summed E-state index contributed by atoms with van der Waals surface area (Å²) in [5, 5.41) is 4.47. The largest absolute Gasteiger partial charge is 0.485 e. The summed E-state index contributed by atoms with van der Waals surface area (Å²) in [5.41, 5.74) is 14.5. The monoisotopic (exact) mass is 745 g/mol. The van der Waals surface area contributed by atoms with Gasteiger partial charge in [-0.25, -0.2) is 0 Å². The van der Waals surface area contributed by atoms with Crippen LogP contribution in [0.1, 0.15) is 11.5 Å². The van der Waals surface area contributed by atoms with Gasteiger partial charge in [0.1, 0.15) is 34.2 Å². The molecule has 8 aromatic carbocycles. The van der Waals surface area contributed by atoms with Gasteiger partial charge in [0.25, 0.3) is 0 Å². The molecule has 274 valence electrons. The molecule has 58 heavy (non-hydrogen) atoms. The Hall–Kier alpha value is -7.56. The van der Waals surface area contributed by atoms with Crippen LogP contribution in [0.15, 0.2) is 209 Å². The second-order valence-corrected chi connectivity index (χ2v) is 15.2. The zero-order chi connectivity index (χ0) is 38.2. The Morgan fingerprint density at radius 1 is 0.397 bits per heavy atom. The number of anilines is 3. The minimum Gasteiger partial charge on any atom is -0.485 e. The number of furan rings is 2. The van der Waals surface area contributed by atoms with Gasteiger partial charge in [-0.05, 0) is 89.0 Å². The van der Waals surface area contributed by atoms with E-state index in [1.165, 1.54) is 11.1 Å². The Kier molecular flexibility index (Phi) is 7.32. The van der Waals surface area contributed by atoms with Gasteiger partial charge < -0.3 is 18.5 Å². The van der Waals surface area contributed by atoms with Crippen molar-refractivity contribution in [1.29, 1.82) is 0 Å². The number of hydrogen-bond acceptors (Lipinski definition) is 4. The van der Waals surface area contributed by atoms with Gasteiger partial charge in [0.2, 0.25) is 0 Å². The number of rotatable bonds is 6. The van der Waals surface area contributed by atoms with Crippen LogP contribution in [-0.2, 0) is 0 Å². The van der Waals surface area contributed by atoms with Gasteiger partial charge >= 0.3 is 0 Å². The van der Waals surface area contributed by atoms with E-state index in [9.17, 15) is 0 Å². The summed E-state index contributed by atoms with van der Waals surface area (Å²) in [5.74, 6) is 1.21. The molecule has 0 saturated heterocycles. The van der Waals surface area contributed by atoms with E-state index in [4.69, 9.17) is 13.6 Å². The van der Waals surface area contributed by atoms with E-state index < -0.39 is 0 Å². The fraction of sp³-hybridized carbons (Fsp3) is 0.0370. The molecule has 0 radical (unpaired) electrons.